The zero-order valence-electron chi connectivity index (χ0n) is 13.2. The first-order valence-electron chi connectivity index (χ1n) is 7.15. The molecular weight excluding hydrogens is 244 g/mol. The largest absolute Gasteiger partial charge is 0.489 e. The van der Waals surface area contributed by atoms with Crippen LogP contribution in [0.25, 0.3) is 0 Å². The van der Waals surface area contributed by atoms with Gasteiger partial charge in [0.15, 0.2) is 0 Å². The summed E-state index contributed by atoms with van der Waals surface area (Å²) in [6.45, 7) is 11.5. The monoisotopic (exact) mass is 268 g/mol. The Bertz CT molecular complexity index is 553. The molecule has 2 aromatic carbocycles. The van der Waals surface area contributed by atoms with Gasteiger partial charge in [-0.15, -0.1) is 0 Å². The molecule has 0 aliphatic carbocycles. The Morgan fingerprint density at radius 1 is 0.850 bits per heavy atom. The molecule has 0 fully saturated rings. The first-order chi connectivity index (χ1) is 9.34. The fourth-order valence-corrected chi connectivity index (χ4v) is 2.28. The summed E-state index contributed by atoms with van der Waals surface area (Å²) in [4.78, 5) is 0. The summed E-state index contributed by atoms with van der Waals surface area (Å²) in [7, 11) is 0. The molecule has 0 aliphatic rings. The molecule has 2 aromatic rings. The SMILES string of the molecule is Cc1cc(C)cc(OCc2ccc(C(C)(C)C)cc2)c1. The fraction of sp³-hybridized carbons (Fsp3) is 0.368. The van der Waals surface area contributed by atoms with E-state index >= 15 is 0 Å². The lowest BCUT2D eigenvalue weighted by atomic mass is 9.87. The molecule has 0 unspecified atom stereocenters. The number of ether oxygens (including phenoxy) is 1. The van der Waals surface area contributed by atoms with Crippen molar-refractivity contribution in [2.75, 3.05) is 0 Å². The van der Waals surface area contributed by atoms with Crippen LogP contribution in [0.4, 0.5) is 0 Å². The summed E-state index contributed by atoms with van der Waals surface area (Å²) in [5, 5.41) is 0. The summed E-state index contributed by atoms with van der Waals surface area (Å²) < 4.78 is 5.88. The Kier molecular flexibility index (Phi) is 4.17. The molecule has 0 saturated heterocycles. The van der Waals surface area contributed by atoms with E-state index in [0.717, 1.165) is 5.75 Å². The maximum absolute atomic E-state index is 5.88. The molecule has 0 radical (unpaired) electrons. The second-order valence-corrected chi connectivity index (χ2v) is 6.56. The van der Waals surface area contributed by atoms with E-state index in [1.807, 2.05) is 0 Å². The Balaban J connectivity index is 2.04. The van der Waals surface area contributed by atoms with Crippen molar-refractivity contribution >= 4 is 0 Å². The highest BCUT2D eigenvalue weighted by atomic mass is 16.5. The zero-order chi connectivity index (χ0) is 14.8. The lowest BCUT2D eigenvalue weighted by molar-refractivity contribution is 0.305. The molecule has 0 amide bonds. The van der Waals surface area contributed by atoms with E-state index in [4.69, 9.17) is 4.74 Å². The normalized spacial score (nSPS) is 11.4. The molecule has 0 spiro atoms. The molecule has 0 heterocycles. The molecule has 106 valence electrons. The van der Waals surface area contributed by atoms with Gasteiger partial charge in [0.2, 0.25) is 0 Å². The van der Waals surface area contributed by atoms with Gasteiger partial charge >= 0.3 is 0 Å². The van der Waals surface area contributed by atoms with E-state index < -0.39 is 0 Å². The average Bonchev–Trinajstić information content (AvgIpc) is 2.35. The lowest BCUT2D eigenvalue weighted by Gasteiger charge is -2.19. The third-order valence-corrected chi connectivity index (χ3v) is 3.42. The second-order valence-electron chi connectivity index (χ2n) is 6.56. The minimum absolute atomic E-state index is 0.201. The number of rotatable bonds is 3. The Morgan fingerprint density at radius 3 is 1.90 bits per heavy atom. The highest BCUT2D eigenvalue weighted by molar-refractivity contribution is 5.33. The van der Waals surface area contributed by atoms with E-state index in [-0.39, 0.29) is 5.41 Å². The molecule has 0 atom stereocenters. The Hall–Kier alpha value is -1.76. The summed E-state index contributed by atoms with van der Waals surface area (Å²) in [6.07, 6.45) is 0. The topological polar surface area (TPSA) is 9.23 Å². The summed E-state index contributed by atoms with van der Waals surface area (Å²) >= 11 is 0. The second kappa shape index (κ2) is 5.70. The van der Waals surface area contributed by atoms with Crippen LogP contribution < -0.4 is 4.74 Å². The Labute approximate surface area is 122 Å². The summed E-state index contributed by atoms with van der Waals surface area (Å²) in [5.41, 5.74) is 5.24. The van der Waals surface area contributed by atoms with Crippen molar-refractivity contribution < 1.29 is 4.74 Å². The first-order valence-corrected chi connectivity index (χ1v) is 7.15. The average molecular weight is 268 g/mol. The molecule has 2 rings (SSSR count). The molecule has 1 nitrogen and oxygen atoms in total. The van der Waals surface area contributed by atoms with Crippen molar-refractivity contribution in [2.24, 2.45) is 0 Å². The summed E-state index contributed by atoms with van der Waals surface area (Å²) in [5.74, 6) is 0.947. The van der Waals surface area contributed by atoms with Gasteiger partial charge in [0, 0.05) is 0 Å². The molecular formula is C19H24O. The predicted molar refractivity (Wildman–Crippen MR) is 85.4 cm³/mol. The minimum Gasteiger partial charge on any atom is -0.489 e. The molecule has 0 aliphatic heterocycles. The van der Waals surface area contributed by atoms with Crippen molar-refractivity contribution in [3.8, 4) is 5.75 Å². The van der Waals surface area contributed by atoms with Crippen molar-refractivity contribution in [1.29, 1.82) is 0 Å². The number of hydrogen-bond donors (Lipinski definition) is 0. The third-order valence-electron chi connectivity index (χ3n) is 3.42. The van der Waals surface area contributed by atoms with Crippen LogP contribution in [0.3, 0.4) is 0 Å². The zero-order valence-corrected chi connectivity index (χ0v) is 13.2. The highest BCUT2D eigenvalue weighted by Crippen LogP contribution is 2.23. The van der Waals surface area contributed by atoms with Gasteiger partial charge in [-0.05, 0) is 53.6 Å². The molecule has 0 N–H and O–H groups in total. The number of aryl methyl sites for hydroxylation is 2. The van der Waals surface area contributed by atoms with Gasteiger partial charge in [-0.25, -0.2) is 0 Å². The van der Waals surface area contributed by atoms with Crippen LogP contribution in [0.15, 0.2) is 42.5 Å². The van der Waals surface area contributed by atoms with Crippen LogP contribution in [0, 0.1) is 13.8 Å². The molecule has 0 saturated carbocycles. The van der Waals surface area contributed by atoms with Crippen LogP contribution in [0.1, 0.15) is 43.0 Å². The van der Waals surface area contributed by atoms with Crippen molar-refractivity contribution in [2.45, 2.75) is 46.6 Å². The van der Waals surface area contributed by atoms with Crippen molar-refractivity contribution in [3.05, 3.63) is 64.7 Å². The maximum atomic E-state index is 5.88. The number of hydrogen-bond acceptors (Lipinski definition) is 1. The van der Waals surface area contributed by atoms with E-state index in [9.17, 15) is 0 Å². The van der Waals surface area contributed by atoms with Crippen LogP contribution in [-0.4, -0.2) is 0 Å². The molecule has 1 heteroatoms. The predicted octanol–water partition coefficient (Wildman–Crippen LogP) is 5.18. The third kappa shape index (κ3) is 3.86. The van der Waals surface area contributed by atoms with E-state index in [1.54, 1.807) is 0 Å². The van der Waals surface area contributed by atoms with Crippen molar-refractivity contribution in [3.63, 3.8) is 0 Å². The highest BCUT2D eigenvalue weighted by Gasteiger charge is 2.12. The molecule has 20 heavy (non-hydrogen) atoms. The maximum Gasteiger partial charge on any atom is 0.120 e. The van der Waals surface area contributed by atoms with Crippen LogP contribution >= 0.6 is 0 Å². The van der Waals surface area contributed by atoms with Crippen LogP contribution in [0.5, 0.6) is 5.75 Å². The van der Waals surface area contributed by atoms with Gasteiger partial charge in [0.25, 0.3) is 0 Å². The van der Waals surface area contributed by atoms with Gasteiger partial charge in [-0.3, -0.25) is 0 Å². The summed E-state index contributed by atoms with van der Waals surface area (Å²) in [6, 6.07) is 15.0. The van der Waals surface area contributed by atoms with Gasteiger partial charge in [-0.1, -0.05) is 51.1 Å². The van der Waals surface area contributed by atoms with Crippen LogP contribution in [0.2, 0.25) is 0 Å². The molecule has 0 aromatic heterocycles. The minimum atomic E-state index is 0.201. The van der Waals surface area contributed by atoms with Crippen LogP contribution in [-0.2, 0) is 12.0 Å². The van der Waals surface area contributed by atoms with Gasteiger partial charge < -0.3 is 4.74 Å². The quantitative estimate of drug-likeness (QED) is 0.745. The molecule has 0 bridgehead atoms. The smallest absolute Gasteiger partial charge is 0.120 e. The van der Waals surface area contributed by atoms with Gasteiger partial charge in [0.1, 0.15) is 12.4 Å². The van der Waals surface area contributed by atoms with Crippen molar-refractivity contribution in [1.82, 2.24) is 0 Å². The Morgan fingerprint density at radius 2 is 1.40 bits per heavy atom. The van der Waals surface area contributed by atoms with Gasteiger partial charge in [-0.2, -0.15) is 0 Å². The van der Waals surface area contributed by atoms with E-state index in [0.29, 0.717) is 6.61 Å². The lowest BCUT2D eigenvalue weighted by Crippen LogP contribution is -2.10. The fourth-order valence-electron chi connectivity index (χ4n) is 2.28. The van der Waals surface area contributed by atoms with E-state index in [1.165, 1.54) is 22.3 Å². The van der Waals surface area contributed by atoms with E-state index in [2.05, 4.69) is 77.1 Å². The van der Waals surface area contributed by atoms with Gasteiger partial charge in [0.05, 0.1) is 0 Å². The number of benzene rings is 2. The first kappa shape index (κ1) is 14.6. The standard InChI is InChI=1S/C19H24O/c1-14-10-15(2)12-18(11-14)20-13-16-6-8-17(9-7-16)19(3,4)5/h6-12H,13H2,1-5H3.